The summed E-state index contributed by atoms with van der Waals surface area (Å²) in [7, 11) is -2.95. The summed E-state index contributed by atoms with van der Waals surface area (Å²) < 4.78 is 22.6. The molecule has 0 radical (unpaired) electrons. The topological polar surface area (TPSA) is 71.5 Å². The summed E-state index contributed by atoms with van der Waals surface area (Å²) >= 11 is 0. The Balaban J connectivity index is 2.05. The van der Waals surface area contributed by atoms with Crippen molar-refractivity contribution in [2.24, 2.45) is 17.8 Å². The Morgan fingerprint density at radius 2 is 1.71 bits per heavy atom. The molecule has 0 aromatic heterocycles. The molecule has 0 aliphatic carbocycles. The summed E-state index contributed by atoms with van der Waals surface area (Å²) in [5.74, 6) is -0.670. The van der Waals surface area contributed by atoms with Gasteiger partial charge in [-0.3, -0.25) is 14.5 Å². The number of sulfone groups is 1. The van der Waals surface area contributed by atoms with E-state index in [9.17, 15) is 18.0 Å². The molecule has 5 nitrogen and oxygen atoms in total. The van der Waals surface area contributed by atoms with E-state index in [1.54, 1.807) is 13.8 Å². The Morgan fingerprint density at radius 1 is 1.18 bits per heavy atom. The van der Waals surface area contributed by atoms with Crippen molar-refractivity contribution in [3.8, 4) is 0 Å². The molecule has 0 saturated carbocycles. The van der Waals surface area contributed by atoms with Crippen LogP contribution in [0.4, 0.5) is 0 Å². The highest BCUT2D eigenvalue weighted by atomic mass is 32.2. The summed E-state index contributed by atoms with van der Waals surface area (Å²) in [6.45, 7) is 3.76. The summed E-state index contributed by atoms with van der Waals surface area (Å²) in [6, 6.07) is 0. The van der Waals surface area contributed by atoms with E-state index in [1.165, 1.54) is 4.90 Å². The molecule has 0 N–H and O–H groups in total. The Kier molecular flexibility index (Phi) is 3.01. The minimum Gasteiger partial charge on any atom is -0.282 e. The largest absolute Gasteiger partial charge is 0.282 e. The molecule has 2 saturated heterocycles. The third-order valence-corrected chi connectivity index (χ3v) is 5.67. The van der Waals surface area contributed by atoms with E-state index in [-0.39, 0.29) is 47.6 Å². The van der Waals surface area contributed by atoms with Gasteiger partial charge in [-0.05, 0) is 12.3 Å². The van der Waals surface area contributed by atoms with Crippen LogP contribution in [0.25, 0.3) is 0 Å². The minimum atomic E-state index is -2.95. The molecule has 3 unspecified atom stereocenters. The van der Waals surface area contributed by atoms with E-state index >= 15 is 0 Å². The van der Waals surface area contributed by atoms with Crippen LogP contribution in [0.2, 0.25) is 0 Å². The monoisotopic (exact) mass is 259 g/mol. The van der Waals surface area contributed by atoms with Crippen LogP contribution in [-0.2, 0) is 19.4 Å². The maximum absolute atomic E-state index is 11.8. The van der Waals surface area contributed by atoms with Crippen molar-refractivity contribution in [1.82, 2.24) is 4.90 Å². The van der Waals surface area contributed by atoms with Gasteiger partial charge in [0.25, 0.3) is 0 Å². The van der Waals surface area contributed by atoms with Gasteiger partial charge in [-0.25, -0.2) is 8.42 Å². The number of likely N-dealkylation sites (tertiary alicyclic amines) is 1. The lowest BCUT2D eigenvalue weighted by molar-refractivity contribution is -0.140. The number of rotatable bonds is 2. The quantitative estimate of drug-likeness (QED) is 0.658. The van der Waals surface area contributed by atoms with Crippen LogP contribution in [0.1, 0.15) is 20.3 Å². The highest BCUT2D eigenvalue weighted by Crippen LogP contribution is 2.28. The molecule has 0 bridgehead atoms. The van der Waals surface area contributed by atoms with Gasteiger partial charge >= 0.3 is 0 Å². The number of carbonyl (C=O) groups excluding carboxylic acids is 2. The zero-order valence-electron chi connectivity index (χ0n) is 10.0. The van der Waals surface area contributed by atoms with Crippen LogP contribution in [0.5, 0.6) is 0 Å². The van der Waals surface area contributed by atoms with Gasteiger partial charge in [-0.1, -0.05) is 13.8 Å². The third kappa shape index (κ3) is 2.22. The first-order valence-electron chi connectivity index (χ1n) is 5.87. The third-order valence-electron chi connectivity index (χ3n) is 3.83. The highest BCUT2D eigenvalue weighted by molar-refractivity contribution is 7.91. The van der Waals surface area contributed by atoms with Crippen molar-refractivity contribution in [3.05, 3.63) is 0 Å². The van der Waals surface area contributed by atoms with Crippen molar-refractivity contribution in [2.75, 3.05) is 18.1 Å². The lowest BCUT2D eigenvalue weighted by Gasteiger charge is -2.18. The van der Waals surface area contributed by atoms with E-state index < -0.39 is 9.84 Å². The molecule has 0 aromatic rings. The SMILES string of the molecule is CC1C(=O)N(CC2CCS(=O)(=O)C2)C(=O)C1C. The van der Waals surface area contributed by atoms with E-state index in [2.05, 4.69) is 0 Å². The van der Waals surface area contributed by atoms with Crippen molar-refractivity contribution in [1.29, 1.82) is 0 Å². The molecule has 2 fully saturated rings. The van der Waals surface area contributed by atoms with E-state index in [0.717, 1.165) is 0 Å². The Hall–Kier alpha value is -0.910. The number of carbonyl (C=O) groups is 2. The normalized spacial score (nSPS) is 36.8. The van der Waals surface area contributed by atoms with Gasteiger partial charge in [0.05, 0.1) is 11.5 Å². The smallest absolute Gasteiger partial charge is 0.232 e. The van der Waals surface area contributed by atoms with Gasteiger partial charge in [0.2, 0.25) is 11.8 Å². The number of amides is 2. The molecule has 2 aliphatic heterocycles. The average Bonchev–Trinajstić information content (AvgIpc) is 2.68. The first kappa shape index (κ1) is 12.5. The summed E-state index contributed by atoms with van der Waals surface area (Å²) in [5, 5.41) is 0. The van der Waals surface area contributed by atoms with Crippen LogP contribution in [-0.4, -0.2) is 43.2 Å². The molecule has 3 atom stereocenters. The van der Waals surface area contributed by atoms with Crippen molar-refractivity contribution in [2.45, 2.75) is 20.3 Å². The van der Waals surface area contributed by atoms with Crippen LogP contribution in [0, 0.1) is 17.8 Å². The average molecular weight is 259 g/mol. The maximum Gasteiger partial charge on any atom is 0.232 e. The molecule has 17 heavy (non-hydrogen) atoms. The zero-order chi connectivity index (χ0) is 12.8. The standard InChI is InChI=1S/C11H17NO4S/c1-7-8(2)11(14)12(10(7)13)5-9-3-4-17(15,16)6-9/h7-9H,3-6H2,1-2H3. The number of hydrogen-bond donors (Lipinski definition) is 0. The molecule has 0 spiro atoms. The molecular weight excluding hydrogens is 242 g/mol. The van der Waals surface area contributed by atoms with Crippen LogP contribution < -0.4 is 0 Å². The Morgan fingerprint density at radius 3 is 2.12 bits per heavy atom. The van der Waals surface area contributed by atoms with Crippen LogP contribution in [0.3, 0.4) is 0 Å². The molecule has 2 aliphatic rings. The fourth-order valence-corrected chi connectivity index (χ4v) is 4.33. The fraction of sp³-hybridized carbons (Fsp3) is 0.818. The zero-order valence-corrected chi connectivity index (χ0v) is 10.9. The predicted molar refractivity (Wildman–Crippen MR) is 61.8 cm³/mol. The maximum atomic E-state index is 11.8. The van der Waals surface area contributed by atoms with E-state index in [1.807, 2.05) is 0 Å². The van der Waals surface area contributed by atoms with Gasteiger partial charge in [0.15, 0.2) is 9.84 Å². The summed E-state index contributed by atoms with van der Waals surface area (Å²) in [6.07, 6.45) is 0.558. The summed E-state index contributed by atoms with van der Waals surface area (Å²) in [5.41, 5.74) is 0. The first-order chi connectivity index (χ1) is 7.82. The van der Waals surface area contributed by atoms with Gasteiger partial charge in [-0.15, -0.1) is 0 Å². The molecule has 96 valence electrons. The van der Waals surface area contributed by atoms with Gasteiger partial charge in [-0.2, -0.15) is 0 Å². The lowest BCUT2D eigenvalue weighted by Crippen LogP contribution is -2.35. The molecule has 6 heteroatoms. The molecule has 2 heterocycles. The van der Waals surface area contributed by atoms with Gasteiger partial charge in [0, 0.05) is 18.4 Å². The van der Waals surface area contributed by atoms with E-state index in [0.29, 0.717) is 6.42 Å². The number of imide groups is 1. The molecule has 2 amide bonds. The second kappa shape index (κ2) is 4.08. The Bertz CT molecular complexity index is 436. The van der Waals surface area contributed by atoms with Crippen molar-refractivity contribution < 1.29 is 18.0 Å². The molecule has 0 aromatic carbocycles. The summed E-state index contributed by atoms with van der Waals surface area (Å²) in [4.78, 5) is 24.9. The van der Waals surface area contributed by atoms with Crippen molar-refractivity contribution >= 4 is 21.7 Å². The molecule has 2 rings (SSSR count). The van der Waals surface area contributed by atoms with E-state index in [4.69, 9.17) is 0 Å². The fourth-order valence-electron chi connectivity index (χ4n) is 2.48. The van der Waals surface area contributed by atoms with Crippen LogP contribution >= 0.6 is 0 Å². The first-order valence-corrected chi connectivity index (χ1v) is 7.69. The predicted octanol–water partition coefficient (Wildman–Crippen LogP) is 0.0621. The van der Waals surface area contributed by atoms with Gasteiger partial charge in [0.1, 0.15) is 0 Å². The Labute approximate surface area is 101 Å². The van der Waals surface area contributed by atoms with Crippen LogP contribution in [0.15, 0.2) is 0 Å². The number of hydrogen-bond acceptors (Lipinski definition) is 4. The number of nitrogens with zero attached hydrogens (tertiary/aromatic N) is 1. The highest BCUT2D eigenvalue weighted by Gasteiger charge is 2.43. The second-order valence-corrected chi connectivity index (χ2v) is 7.36. The molecular formula is C11H17NO4S. The minimum absolute atomic E-state index is 0.0783. The van der Waals surface area contributed by atoms with Crippen molar-refractivity contribution in [3.63, 3.8) is 0 Å². The van der Waals surface area contributed by atoms with Gasteiger partial charge < -0.3 is 0 Å². The second-order valence-electron chi connectivity index (χ2n) is 5.13. The lowest BCUT2D eigenvalue weighted by atomic mass is 10.00.